The van der Waals surface area contributed by atoms with Crippen molar-refractivity contribution in [1.29, 1.82) is 0 Å². The summed E-state index contributed by atoms with van der Waals surface area (Å²) >= 11 is 4.15. The maximum absolute atomic E-state index is 13.0. The molecule has 1 aromatic rings. The zero-order valence-corrected chi connectivity index (χ0v) is 21.3. The van der Waals surface area contributed by atoms with Gasteiger partial charge in [0.25, 0.3) is 0 Å². The number of unbranched alkanes of at least 4 members (excludes halogenated alkanes) is 1. The number of nitrogens with two attached hydrogens (primary N) is 2. The van der Waals surface area contributed by atoms with Crippen molar-refractivity contribution >= 4 is 36.3 Å². The van der Waals surface area contributed by atoms with E-state index in [4.69, 9.17) is 11.5 Å². The molecule has 0 aliphatic heterocycles. The number of hydrogen-bond donors (Lipinski definition) is 7. The molecule has 1 aromatic carbocycles. The van der Waals surface area contributed by atoms with Crippen LogP contribution in [0.4, 0.5) is 0 Å². The molecule has 196 valence electrons. The number of carboxylic acids is 1. The van der Waals surface area contributed by atoms with E-state index >= 15 is 0 Å². The van der Waals surface area contributed by atoms with Gasteiger partial charge < -0.3 is 32.5 Å². The van der Waals surface area contributed by atoms with Crippen LogP contribution in [0.25, 0.3) is 0 Å². The molecule has 0 aromatic heterocycles. The summed E-state index contributed by atoms with van der Waals surface area (Å²) < 4.78 is 0. The van der Waals surface area contributed by atoms with Crippen LogP contribution in [0, 0.1) is 5.92 Å². The summed E-state index contributed by atoms with van der Waals surface area (Å²) in [6.45, 7) is 4.21. The molecule has 3 amide bonds. The Kier molecular flexibility index (Phi) is 14.0. The lowest BCUT2D eigenvalue weighted by Crippen LogP contribution is -2.58. The average molecular weight is 510 g/mol. The van der Waals surface area contributed by atoms with Crippen molar-refractivity contribution in [3.63, 3.8) is 0 Å². The fraction of sp³-hybridized carbons (Fsp3) is 0.583. The Morgan fingerprint density at radius 3 is 2.06 bits per heavy atom. The Labute approximate surface area is 212 Å². The van der Waals surface area contributed by atoms with Crippen LogP contribution in [0.15, 0.2) is 30.3 Å². The highest BCUT2D eigenvalue weighted by atomic mass is 32.1. The first-order chi connectivity index (χ1) is 16.6. The van der Waals surface area contributed by atoms with Crippen LogP contribution in [0.3, 0.4) is 0 Å². The summed E-state index contributed by atoms with van der Waals surface area (Å²) in [5, 5.41) is 17.3. The molecule has 8 N–H and O–H groups in total. The molecule has 5 atom stereocenters. The summed E-state index contributed by atoms with van der Waals surface area (Å²) in [5.74, 6) is -3.04. The minimum absolute atomic E-state index is 0.0644. The largest absolute Gasteiger partial charge is 0.480 e. The molecule has 0 fully saturated rings. The number of nitrogens with one attached hydrogen (secondary N) is 3. The molecule has 0 aliphatic rings. The highest BCUT2D eigenvalue weighted by Crippen LogP contribution is 2.08. The molecule has 35 heavy (non-hydrogen) atoms. The molecule has 10 nitrogen and oxygen atoms in total. The number of thiol groups is 1. The van der Waals surface area contributed by atoms with Gasteiger partial charge in [0.2, 0.25) is 17.7 Å². The standard InChI is InChI=1S/C24H39N5O5S/c1-3-15(2)20(26)23(32)27-17(11-7-8-12-25)21(30)29-19(14-35)22(31)28-18(24(33)34)13-16-9-5-4-6-10-16/h4-6,9-10,15,17-20,35H,3,7-8,11-14,25-26H2,1-2H3,(H,27,32)(H,28,31)(H,29,30)(H,33,34). The summed E-state index contributed by atoms with van der Waals surface area (Å²) in [6.07, 6.45) is 2.35. The molecule has 0 aliphatic carbocycles. The van der Waals surface area contributed by atoms with E-state index in [1.807, 2.05) is 19.9 Å². The van der Waals surface area contributed by atoms with Gasteiger partial charge in [0.05, 0.1) is 6.04 Å². The summed E-state index contributed by atoms with van der Waals surface area (Å²) in [5.41, 5.74) is 12.3. The predicted octanol–water partition coefficient (Wildman–Crippen LogP) is 0.200. The number of benzene rings is 1. The predicted molar refractivity (Wildman–Crippen MR) is 138 cm³/mol. The normalized spacial score (nSPS) is 15.2. The van der Waals surface area contributed by atoms with Gasteiger partial charge in [0.1, 0.15) is 18.1 Å². The van der Waals surface area contributed by atoms with Gasteiger partial charge in [-0.3, -0.25) is 14.4 Å². The smallest absolute Gasteiger partial charge is 0.326 e. The van der Waals surface area contributed by atoms with Crippen molar-refractivity contribution in [3.05, 3.63) is 35.9 Å². The Hall–Kier alpha value is -2.63. The Morgan fingerprint density at radius 1 is 0.943 bits per heavy atom. The third-order valence-electron chi connectivity index (χ3n) is 5.85. The molecule has 0 radical (unpaired) electrons. The first kappa shape index (κ1) is 30.4. The van der Waals surface area contributed by atoms with Gasteiger partial charge in [-0.1, -0.05) is 50.6 Å². The molecule has 11 heteroatoms. The Bertz CT molecular complexity index is 826. The highest BCUT2D eigenvalue weighted by Gasteiger charge is 2.30. The number of aliphatic carboxylic acids is 1. The summed E-state index contributed by atoms with van der Waals surface area (Å²) in [4.78, 5) is 50.1. The SMILES string of the molecule is CCC(C)C(N)C(=O)NC(CCCCN)C(=O)NC(CS)C(=O)NC(Cc1ccccc1)C(=O)O. The van der Waals surface area contributed by atoms with Crippen LogP contribution < -0.4 is 27.4 Å². The lowest BCUT2D eigenvalue weighted by Gasteiger charge is -2.25. The molecule has 1 rings (SSSR count). The van der Waals surface area contributed by atoms with Crippen LogP contribution in [-0.2, 0) is 25.6 Å². The molecule has 0 spiro atoms. The van der Waals surface area contributed by atoms with E-state index in [-0.39, 0.29) is 18.1 Å². The third kappa shape index (κ3) is 10.7. The van der Waals surface area contributed by atoms with Crippen LogP contribution in [0.5, 0.6) is 0 Å². The van der Waals surface area contributed by atoms with E-state index in [0.29, 0.717) is 32.2 Å². The van der Waals surface area contributed by atoms with Gasteiger partial charge >= 0.3 is 5.97 Å². The Balaban J connectivity index is 2.88. The Morgan fingerprint density at radius 2 is 1.51 bits per heavy atom. The maximum Gasteiger partial charge on any atom is 0.326 e. The number of amides is 3. The molecule has 0 saturated carbocycles. The lowest BCUT2D eigenvalue weighted by atomic mass is 9.98. The monoisotopic (exact) mass is 509 g/mol. The van der Waals surface area contributed by atoms with Gasteiger partial charge in [-0.2, -0.15) is 12.6 Å². The van der Waals surface area contributed by atoms with Gasteiger partial charge in [0.15, 0.2) is 0 Å². The molecular formula is C24H39N5O5S. The maximum atomic E-state index is 13.0. The van der Waals surface area contributed by atoms with E-state index in [1.54, 1.807) is 24.3 Å². The topological polar surface area (TPSA) is 177 Å². The van der Waals surface area contributed by atoms with Gasteiger partial charge in [-0.25, -0.2) is 4.79 Å². The number of carboxylic acid groups (broad SMARTS) is 1. The van der Waals surface area contributed by atoms with Crippen molar-refractivity contribution in [3.8, 4) is 0 Å². The van der Waals surface area contributed by atoms with Crippen LogP contribution >= 0.6 is 12.6 Å². The first-order valence-corrected chi connectivity index (χ1v) is 12.5. The van der Waals surface area contributed by atoms with E-state index in [9.17, 15) is 24.3 Å². The van der Waals surface area contributed by atoms with E-state index in [2.05, 4.69) is 28.6 Å². The van der Waals surface area contributed by atoms with Crippen molar-refractivity contribution in [2.24, 2.45) is 17.4 Å². The van der Waals surface area contributed by atoms with E-state index < -0.39 is 47.9 Å². The van der Waals surface area contributed by atoms with Crippen molar-refractivity contribution in [2.45, 2.75) is 70.1 Å². The lowest BCUT2D eigenvalue weighted by molar-refractivity contribution is -0.142. The van der Waals surface area contributed by atoms with Crippen molar-refractivity contribution in [1.82, 2.24) is 16.0 Å². The molecular weight excluding hydrogens is 470 g/mol. The fourth-order valence-corrected chi connectivity index (χ4v) is 3.59. The summed E-state index contributed by atoms with van der Waals surface area (Å²) in [7, 11) is 0. The van der Waals surface area contributed by atoms with E-state index in [1.165, 1.54) is 0 Å². The second-order valence-electron chi connectivity index (χ2n) is 8.59. The zero-order chi connectivity index (χ0) is 26.4. The number of carbonyl (C=O) groups excluding carboxylic acids is 3. The first-order valence-electron chi connectivity index (χ1n) is 11.9. The van der Waals surface area contributed by atoms with Gasteiger partial charge in [-0.15, -0.1) is 0 Å². The molecule has 0 saturated heterocycles. The number of rotatable bonds is 16. The van der Waals surface area contributed by atoms with Crippen molar-refractivity contribution < 1.29 is 24.3 Å². The molecule has 0 bridgehead atoms. The minimum atomic E-state index is -1.20. The second kappa shape index (κ2) is 16.1. The van der Waals surface area contributed by atoms with Gasteiger partial charge in [0, 0.05) is 12.2 Å². The summed E-state index contributed by atoms with van der Waals surface area (Å²) in [6, 6.07) is 4.92. The van der Waals surface area contributed by atoms with Crippen LogP contribution in [0.1, 0.15) is 45.1 Å². The van der Waals surface area contributed by atoms with E-state index in [0.717, 1.165) is 5.56 Å². The van der Waals surface area contributed by atoms with Crippen molar-refractivity contribution in [2.75, 3.05) is 12.3 Å². The van der Waals surface area contributed by atoms with Crippen LogP contribution in [0.2, 0.25) is 0 Å². The average Bonchev–Trinajstić information content (AvgIpc) is 2.85. The van der Waals surface area contributed by atoms with Crippen LogP contribution in [-0.4, -0.2) is 65.3 Å². The minimum Gasteiger partial charge on any atom is -0.480 e. The fourth-order valence-electron chi connectivity index (χ4n) is 3.33. The number of hydrogen-bond acceptors (Lipinski definition) is 7. The second-order valence-corrected chi connectivity index (χ2v) is 8.95. The highest BCUT2D eigenvalue weighted by molar-refractivity contribution is 7.80. The molecule has 0 heterocycles. The third-order valence-corrected chi connectivity index (χ3v) is 6.22. The molecule has 5 unspecified atom stereocenters. The quantitative estimate of drug-likeness (QED) is 0.123. The van der Waals surface area contributed by atoms with Gasteiger partial charge in [-0.05, 0) is 37.3 Å². The zero-order valence-electron chi connectivity index (χ0n) is 20.4. The number of carbonyl (C=O) groups is 4.